The summed E-state index contributed by atoms with van der Waals surface area (Å²) in [5.74, 6) is -0.652. The minimum absolute atomic E-state index is 0.124. The van der Waals surface area contributed by atoms with Crippen molar-refractivity contribution in [1.82, 2.24) is 10.2 Å². The molecule has 1 aliphatic carbocycles. The highest BCUT2D eigenvalue weighted by molar-refractivity contribution is 9.10. The van der Waals surface area contributed by atoms with Gasteiger partial charge in [0.25, 0.3) is 0 Å². The molecule has 2 amide bonds. The van der Waals surface area contributed by atoms with E-state index in [0.29, 0.717) is 12.1 Å². The lowest BCUT2D eigenvalue weighted by molar-refractivity contribution is -0.139. The second kappa shape index (κ2) is 12.0. The van der Waals surface area contributed by atoms with Crippen molar-refractivity contribution in [2.24, 2.45) is 0 Å². The maximum absolute atomic E-state index is 13.7. The van der Waals surface area contributed by atoms with Crippen LogP contribution in [0.2, 0.25) is 0 Å². The van der Waals surface area contributed by atoms with Crippen molar-refractivity contribution in [2.45, 2.75) is 64.6 Å². The first-order valence-corrected chi connectivity index (χ1v) is 14.6. The van der Waals surface area contributed by atoms with Gasteiger partial charge in [0.05, 0.1) is 11.9 Å². The van der Waals surface area contributed by atoms with Gasteiger partial charge in [0.1, 0.15) is 12.6 Å². The number of aryl methyl sites for hydroxylation is 1. The molecule has 0 radical (unpaired) electrons. The molecule has 0 heterocycles. The summed E-state index contributed by atoms with van der Waals surface area (Å²) in [6.45, 7) is 3.45. The van der Waals surface area contributed by atoms with Gasteiger partial charge in [0.2, 0.25) is 21.8 Å². The maximum atomic E-state index is 13.7. The Morgan fingerprint density at radius 2 is 1.71 bits per heavy atom. The Hall–Kier alpha value is -2.39. The molecule has 0 aliphatic heterocycles. The smallest absolute Gasteiger partial charge is 0.244 e. The van der Waals surface area contributed by atoms with E-state index < -0.39 is 22.0 Å². The fourth-order valence-corrected chi connectivity index (χ4v) is 5.55. The van der Waals surface area contributed by atoms with Crippen LogP contribution in [0.25, 0.3) is 0 Å². The Balaban J connectivity index is 1.89. The van der Waals surface area contributed by atoms with Crippen LogP contribution in [0.3, 0.4) is 0 Å². The summed E-state index contributed by atoms with van der Waals surface area (Å²) in [6.07, 6.45) is 5.77. The summed E-state index contributed by atoms with van der Waals surface area (Å²) in [7, 11) is -3.74. The van der Waals surface area contributed by atoms with Gasteiger partial charge >= 0.3 is 0 Å². The first-order valence-electron chi connectivity index (χ1n) is 12.0. The molecule has 2 aromatic rings. The molecular formula is C26H34BrN3O4S. The molecule has 1 fully saturated rings. The number of carbonyl (C=O) groups is 2. The number of nitrogens with zero attached hydrogens (tertiary/aromatic N) is 2. The Bertz CT molecular complexity index is 1130. The lowest BCUT2D eigenvalue weighted by Crippen LogP contribution is -2.52. The molecule has 1 saturated carbocycles. The highest BCUT2D eigenvalue weighted by atomic mass is 79.9. The standard InChI is InChI=1S/C26H34BrN3O4S/c1-4-21-9-5-8-12-24(21)30(35(3,33)34)18-25(31)29(17-20-13-15-22(27)16-14-20)19(2)26(32)28-23-10-6-7-11-23/h5,8-9,12-16,19,23H,4,6-7,10-11,17-18H2,1-3H3,(H,28,32)/t19-/m0/s1. The topological polar surface area (TPSA) is 86.8 Å². The first kappa shape index (κ1) is 27.2. The number of hydrogen-bond acceptors (Lipinski definition) is 4. The van der Waals surface area contributed by atoms with Crippen LogP contribution in [0.15, 0.2) is 53.0 Å². The first-order chi connectivity index (χ1) is 16.6. The van der Waals surface area contributed by atoms with Gasteiger partial charge in [-0.2, -0.15) is 0 Å². The minimum Gasteiger partial charge on any atom is -0.352 e. The number of rotatable bonds is 10. The van der Waals surface area contributed by atoms with E-state index in [0.717, 1.165) is 51.8 Å². The SMILES string of the molecule is CCc1ccccc1N(CC(=O)N(Cc1ccc(Br)cc1)[C@@H](C)C(=O)NC1CCCC1)S(C)(=O)=O. The monoisotopic (exact) mass is 563 g/mol. The van der Waals surface area contributed by atoms with Crippen LogP contribution in [0.5, 0.6) is 0 Å². The summed E-state index contributed by atoms with van der Waals surface area (Å²) in [4.78, 5) is 28.2. The Labute approximate surface area is 217 Å². The predicted octanol–water partition coefficient (Wildman–Crippen LogP) is 4.25. The van der Waals surface area contributed by atoms with Gasteiger partial charge in [-0.15, -0.1) is 0 Å². The van der Waals surface area contributed by atoms with Crippen molar-refractivity contribution in [2.75, 3.05) is 17.1 Å². The quantitative estimate of drug-likeness (QED) is 0.468. The zero-order valence-electron chi connectivity index (χ0n) is 20.5. The van der Waals surface area contributed by atoms with Crippen LogP contribution in [0.1, 0.15) is 50.7 Å². The molecule has 0 aromatic heterocycles. The van der Waals surface area contributed by atoms with E-state index >= 15 is 0 Å². The highest BCUT2D eigenvalue weighted by Gasteiger charge is 2.31. The summed E-state index contributed by atoms with van der Waals surface area (Å²) >= 11 is 3.42. The van der Waals surface area contributed by atoms with Crippen LogP contribution >= 0.6 is 15.9 Å². The van der Waals surface area contributed by atoms with E-state index in [2.05, 4.69) is 21.2 Å². The molecule has 0 unspecified atom stereocenters. The molecule has 0 spiro atoms. The minimum atomic E-state index is -3.74. The lowest BCUT2D eigenvalue weighted by atomic mass is 10.1. The number of para-hydroxylation sites is 1. The van der Waals surface area contributed by atoms with Crippen molar-refractivity contribution < 1.29 is 18.0 Å². The number of sulfonamides is 1. The summed E-state index contributed by atoms with van der Waals surface area (Å²) in [5.41, 5.74) is 2.16. The van der Waals surface area contributed by atoms with Gasteiger partial charge in [0.15, 0.2) is 0 Å². The largest absolute Gasteiger partial charge is 0.352 e. The van der Waals surface area contributed by atoms with Gasteiger partial charge < -0.3 is 10.2 Å². The molecular weight excluding hydrogens is 530 g/mol. The number of hydrogen-bond donors (Lipinski definition) is 1. The zero-order chi connectivity index (χ0) is 25.6. The molecule has 0 saturated heterocycles. The maximum Gasteiger partial charge on any atom is 0.244 e. The predicted molar refractivity (Wildman–Crippen MR) is 143 cm³/mol. The zero-order valence-corrected chi connectivity index (χ0v) is 22.9. The normalized spacial score (nSPS) is 15.0. The molecule has 2 aromatic carbocycles. The third kappa shape index (κ3) is 7.30. The van der Waals surface area contributed by atoms with Crippen LogP contribution in [-0.2, 0) is 32.6 Å². The fraction of sp³-hybridized carbons (Fsp3) is 0.462. The molecule has 35 heavy (non-hydrogen) atoms. The van der Waals surface area contributed by atoms with Gasteiger partial charge in [-0.3, -0.25) is 13.9 Å². The number of nitrogens with one attached hydrogen (secondary N) is 1. The summed E-state index contributed by atoms with van der Waals surface area (Å²) in [5, 5.41) is 3.07. The van der Waals surface area contributed by atoms with E-state index in [-0.39, 0.29) is 25.0 Å². The molecule has 9 heteroatoms. The fourth-order valence-electron chi connectivity index (χ4n) is 4.41. The molecule has 1 aliphatic rings. The van der Waals surface area contributed by atoms with Crippen molar-refractivity contribution in [3.63, 3.8) is 0 Å². The number of carbonyl (C=O) groups excluding carboxylic acids is 2. The number of halogens is 1. The van der Waals surface area contributed by atoms with E-state index in [1.165, 1.54) is 4.90 Å². The van der Waals surface area contributed by atoms with Crippen LogP contribution in [0.4, 0.5) is 5.69 Å². The Morgan fingerprint density at radius 1 is 1.09 bits per heavy atom. The number of anilines is 1. The molecule has 1 atom stereocenters. The molecule has 3 rings (SSSR count). The van der Waals surface area contributed by atoms with Gasteiger partial charge in [-0.1, -0.05) is 66.0 Å². The summed E-state index contributed by atoms with van der Waals surface area (Å²) < 4.78 is 27.6. The molecule has 1 N–H and O–H groups in total. The summed E-state index contributed by atoms with van der Waals surface area (Å²) in [6, 6.07) is 14.1. The van der Waals surface area contributed by atoms with Gasteiger partial charge in [0, 0.05) is 17.1 Å². The van der Waals surface area contributed by atoms with Crippen LogP contribution in [0, 0.1) is 0 Å². The average molecular weight is 565 g/mol. The van der Waals surface area contributed by atoms with Crippen molar-refractivity contribution in [1.29, 1.82) is 0 Å². The average Bonchev–Trinajstić information content (AvgIpc) is 3.34. The molecule has 0 bridgehead atoms. The van der Waals surface area contributed by atoms with Crippen LogP contribution in [-0.4, -0.2) is 50.0 Å². The number of benzene rings is 2. The third-order valence-electron chi connectivity index (χ3n) is 6.46. The van der Waals surface area contributed by atoms with E-state index in [4.69, 9.17) is 0 Å². The van der Waals surface area contributed by atoms with E-state index in [9.17, 15) is 18.0 Å². The van der Waals surface area contributed by atoms with Crippen LogP contribution < -0.4 is 9.62 Å². The second-order valence-electron chi connectivity index (χ2n) is 9.07. The Kier molecular flexibility index (Phi) is 9.35. The van der Waals surface area contributed by atoms with Gasteiger partial charge in [-0.05, 0) is 55.5 Å². The van der Waals surface area contributed by atoms with Crippen molar-refractivity contribution >= 4 is 43.5 Å². The van der Waals surface area contributed by atoms with Crippen molar-refractivity contribution in [3.8, 4) is 0 Å². The third-order valence-corrected chi connectivity index (χ3v) is 8.11. The number of amides is 2. The second-order valence-corrected chi connectivity index (χ2v) is 11.9. The van der Waals surface area contributed by atoms with Gasteiger partial charge in [-0.25, -0.2) is 8.42 Å². The van der Waals surface area contributed by atoms with E-state index in [1.807, 2.05) is 43.3 Å². The molecule has 190 valence electrons. The van der Waals surface area contributed by atoms with E-state index in [1.54, 1.807) is 19.1 Å². The van der Waals surface area contributed by atoms with Crippen molar-refractivity contribution in [3.05, 3.63) is 64.1 Å². The Morgan fingerprint density at radius 3 is 2.31 bits per heavy atom. The lowest BCUT2D eigenvalue weighted by Gasteiger charge is -2.32. The highest BCUT2D eigenvalue weighted by Crippen LogP contribution is 2.24. The molecule has 7 nitrogen and oxygen atoms in total.